The Morgan fingerprint density at radius 1 is 1.07 bits per heavy atom. The van der Waals surface area contributed by atoms with Gasteiger partial charge in [0, 0.05) is 18.3 Å². The molecule has 29 heavy (non-hydrogen) atoms. The Morgan fingerprint density at radius 3 is 2.55 bits per heavy atom. The van der Waals surface area contributed by atoms with Crippen LogP contribution in [0.5, 0.6) is 0 Å². The molecule has 2 aromatic carbocycles. The standard InChI is InChI=1S/C23H27F2N3O/c24-18-9-7-17(8-10-18)14-21-6-2-13-28(21)16-23(11-3-12-23)27-22(29)26-20-5-1-4-19(25)15-20/h1,4-5,7-10,15,21H,2-3,6,11-14,16H2,(H2,26,27,29). The highest BCUT2D eigenvalue weighted by atomic mass is 19.1. The first-order valence-corrected chi connectivity index (χ1v) is 10.3. The van der Waals surface area contributed by atoms with Crippen LogP contribution in [0.1, 0.15) is 37.7 Å². The fourth-order valence-corrected chi connectivity index (χ4v) is 4.51. The molecule has 4 rings (SSSR count). The highest BCUT2D eigenvalue weighted by Crippen LogP contribution is 2.35. The lowest BCUT2D eigenvalue weighted by molar-refractivity contribution is 0.109. The minimum Gasteiger partial charge on any atom is -0.331 e. The maximum absolute atomic E-state index is 13.3. The van der Waals surface area contributed by atoms with Gasteiger partial charge in [-0.15, -0.1) is 0 Å². The van der Waals surface area contributed by atoms with Crippen molar-refractivity contribution in [1.29, 1.82) is 0 Å². The minimum atomic E-state index is -0.373. The first-order chi connectivity index (χ1) is 14.0. The Bertz CT molecular complexity index is 851. The summed E-state index contributed by atoms with van der Waals surface area (Å²) in [5.41, 5.74) is 1.36. The van der Waals surface area contributed by atoms with E-state index in [2.05, 4.69) is 15.5 Å². The normalized spacial score (nSPS) is 20.8. The average Bonchev–Trinajstić information content (AvgIpc) is 3.08. The zero-order valence-electron chi connectivity index (χ0n) is 16.5. The van der Waals surface area contributed by atoms with Crippen molar-refractivity contribution in [2.75, 3.05) is 18.4 Å². The monoisotopic (exact) mass is 399 g/mol. The lowest BCUT2D eigenvalue weighted by atomic mass is 9.76. The molecule has 1 saturated heterocycles. The molecule has 1 atom stereocenters. The third-order valence-corrected chi connectivity index (χ3v) is 6.16. The minimum absolute atomic E-state index is 0.209. The van der Waals surface area contributed by atoms with Gasteiger partial charge in [0.15, 0.2) is 0 Å². The van der Waals surface area contributed by atoms with Crippen LogP contribution in [0.25, 0.3) is 0 Å². The van der Waals surface area contributed by atoms with Gasteiger partial charge in [-0.25, -0.2) is 13.6 Å². The Morgan fingerprint density at radius 2 is 1.86 bits per heavy atom. The number of likely N-dealkylation sites (tertiary alicyclic amines) is 1. The summed E-state index contributed by atoms with van der Waals surface area (Å²) in [6, 6.07) is 12.8. The molecule has 1 aliphatic carbocycles. The number of halogens is 2. The SMILES string of the molecule is O=C(Nc1cccc(F)c1)NC1(CN2CCCC2Cc2ccc(F)cc2)CCC1. The molecule has 1 aliphatic heterocycles. The number of anilines is 1. The van der Waals surface area contributed by atoms with E-state index in [1.165, 1.54) is 24.3 Å². The van der Waals surface area contributed by atoms with Crippen LogP contribution in [0.15, 0.2) is 48.5 Å². The van der Waals surface area contributed by atoms with Crippen LogP contribution >= 0.6 is 0 Å². The molecule has 2 fully saturated rings. The van der Waals surface area contributed by atoms with Gasteiger partial charge < -0.3 is 10.6 Å². The van der Waals surface area contributed by atoms with E-state index >= 15 is 0 Å². The smallest absolute Gasteiger partial charge is 0.319 e. The van der Waals surface area contributed by atoms with Crippen LogP contribution in [-0.4, -0.2) is 35.6 Å². The Kier molecular flexibility index (Phi) is 5.81. The highest BCUT2D eigenvalue weighted by Gasteiger charge is 2.42. The quantitative estimate of drug-likeness (QED) is 0.739. The average molecular weight is 399 g/mol. The van der Waals surface area contributed by atoms with Crippen molar-refractivity contribution in [2.24, 2.45) is 0 Å². The van der Waals surface area contributed by atoms with Crippen molar-refractivity contribution in [2.45, 2.75) is 50.1 Å². The number of benzene rings is 2. The third kappa shape index (κ3) is 4.93. The van der Waals surface area contributed by atoms with E-state index in [0.29, 0.717) is 11.7 Å². The molecule has 1 unspecified atom stereocenters. The van der Waals surface area contributed by atoms with E-state index < -0.39 is 0 Å². The second kappa shape index (κ2) is 8.49. The van der Waals surface area contributed by atoms with E-state index in [4.69, 9.17) is 0 Å². The molecule has 0 bridgehead atoms. The number of nitrogens with one attached hydrogen (secondary N) is 2. The second-order valence-corrected chi connectivity index (χ2v) is 8.32. The molecule has 6 heteroatoms. The van der Waals surface area contributed by atoms with E-state index in [-0.39, 0.29) is 23.2 Å². The molecule has 2 aromatic rings. The highest BCUT2D eigenvalue weighted by molar-refractivity contribution is 5.89. The van der Waals surface area contributed by atoms with Crippen LogP contribution in [0.4, 0.5) is 19.3 Å². The van der Waals surface area contributed by atoms with Crippen molar-refractivity contribution in [3.05, 3.63) is 65.7 Å². The molecule has 154 valence electrons. The summed E-state index contributed by atoms with van der Waals surface area (Å²) >= 11 is 0. The number of carbonyl (C=O) groups is 1. The van der Waals surface area contributed by atoms with Crippen LogP contribution in [0.3, 0.4) is 0 Å². The molecule has 0 radical (unpaired) electrons. The van der Waals surface area contributed by atoms with Gasteiger partial charge in [0.2, 0.25) is 0 Å². The Hall–Kier alpha value is -2.47. The van der Waals surface area contributed by atoms with Crippen molar-refractivity contribution in [3.63, 3.8) is 0 Å². The molecule has 0 aromatic heterocycles. The van der Waals surface area contributed by atoms with Crippen LogP contribution in [0.2, 0.25) is 0 Å². The topological polar surface area (TPSA) is 44.4 Å². The van der Waals surface area contributed by atoms with Gasteiger partial charge in [-0.2, -0.15) is 0 Å². The van der Waals surface area contributed by atoms with Crippen molar-refractivity contribution in [3.8, 4) is 0 Å². The number of hydrogen-bond acceptors (Lipinski definition) is 2. The zero-order chi connectivity index (χ0) is 20.3. The van der Waals surface area contributed by atoms with Crippen LogP contribution < -0.4 is 10.6 Å². The summed E-state index contributed by atoms with van der Waals surface area (Å²) < 4.78 is 26.5. The second-order valence-electron chi connectivity index (χ2n) is 8.32. The Balaban J connectivity index is 1.36. The molecule has 2 amide bonds. The number of urea groups is 1. The number of amides is 2. The molecule has 1 saturated carbocycles. The predicted octanol–water partition coefficient (Wildman–Crippen LogP) is 4.72. The number of rotatable bonds is 6. The van der Waals surface area contributed by atoms with E-state index in [0.717, 1.165) is 57.2 Å². The molecule has 2 N–H and O–H groups in total. The van der Waals surface area contributed by atoms with Crippen LogP contribution in [0, 0.1) is 11.6 Å². The lowest BCUT2D eigenvalue weighted by Crippen LogP contribution is -2.61. The maximum Gasteiger partial charge on any atom is 0.319 e. The van der Waals surface area contributed by atoms with Crippen molar-refractivity contribution < 1.29 is 13.6 Å². The molecule has 1 heterocycles. The van der Waals surface area contributed by atoms with Gasteiger partial charge in [-0.3, -0.25) is 4.90 Å². The summed E-state index contributed by atoms with van der Waals surface area (Å²) in [4.78, 5) is 15.0. The zero-order valence-corrected chi connectivity index (χ0v) is 16.5. The third-order valence-electron chi connectivity index (χ3n) is 6.16. The largest absolute Gasteiger partial charge is 0.331 e. The van der Waals surface area contributed by atoms with Crippen molar-refractivity contribution >= 4 is 11.7 Å². The molecular weight excluding hydrogens is 372 g/mol. The fraction of sp³-hybridized carbons (Fsp3) is 0.435. The maximum atomic E-state index is 13.3. The van der Waals surface area contributed by atoms with E-state index in [9.17, 15) is 13.6 Å². The predicted molar refractivity (Wildman–Crippen MR) is 110 cm³/mol. The first kappa shape index (κ1) is 19.8. The fourth-order valence-electron chi connectivity index (χ4n) is 4.51. The number of hydrogen-bond donors (Lipinski definition) is 2. The Labute approximate surface area is 170 Å². The number of nitrogens with zero attached hydrogens (tertiary/aromatic N) is 1. The van der Waals surface area contributed by atoms with Gasteiger partial charge in [0.25, 0.3) is 0 Å². The van der Waals surface area contributed by atoms with Gasteiger partial charge in [0.1, 0.15) is 11.6 Å². The van der Waals surface area contributed by atoms with Gasteiger partial charge in [-0.05, 0) is 81.0 Å². The van der Waals surface area contributed by atoms with Crippen molar-refractivity contribution in [1.82, 2.24) is 10.2 Å². The van der Waals surface area contributed by atoms with Crippen LogP contribution in [-0.2, 0) is 6.42 Å². The molecule has 4 nitrogen and oxygen atoms in total. The first-order valence-electron chi connectivity index (χ1n) is 10.3. The van der Waals surface area contributed by atoms with Gasteiger partial charge >= 0.3 is 6.03 Å². The van der Waals surface area contributed by atoms with E-state index in [1.54, 1.807) is 12.1 Å². The van der Waals surface area contributed by atoms with Gasteiger partial charge in [0.05, 0.1) is 5.54 Å². The molecule has 2 aliphatic rings. The number of carbonyl (C=O) groups excluding carboxylic acids is 1. The molecule has 0 spiro atoms. The summed E-state index contributed by atoms with van der Waals surface area (Å²) in [6.45, 7) is 1.83. The summed E-state index contributed by atoms with van der Waals surface area (Å²) in [6.07, 6.45) is 6.13. The van der Waals surface area contributed by atoms with Gasteiger partial charge in [-0.1, -0.05) is 18.2 Å². The lowest BCUT2D eigenvalue weighted by Gasteiger charge is -2.46. The summed E-state index contributed by atoms with van der Waals surface area (Å²) in [5.74, 6) is -0.583. The summed E-state index contributed by atoms with van der Waals surface area (Å²) in [7, 11) is 0. The molecular formula is C23H27F2N3O. The summed E-state index contributed by atoms with van der Waals surface area (Å²) in [5, 5.41) is 5.90. The van der Waals surface area contributed by atoms with E-state index in [1.807, 2.05) is 12.1 Å².